The molecule has 0 heterocycles. The topological polar surface area (TPSA) is 46.2 Å². The fourth-order valence-corrected chi connectivity index (χ4v) is 2.19. The Balaban J connectivity index is 2.19. The van der Waals surface area contributed by atoms with E-state index in [9.17, 15) is 9.59 Å². The summed E-state index contributed by atoms with van der Waals surface area (Å²) in [6, 6.07) is 14.2. The molecule has 2 rings (SSSR count). The maximum atomic E-state index is 12.0. The number of Topliss-reactive ketones (excluding diaryl/α,β-unsaturated/α-hetero) is 1. The summed E-state index contributed by atoms with van der Waals surface area (Å²) in [6.45, 7) is 1.50. The van der Waals surface area contributed by atoms with Crippen molar-refractivity contribution in [1.82, 2.24) is 0 Å². The Morgan fingerprint density at radius 2 is 1.68 bits per heavy atom. The van der Waals surface area contributed by atoms with Crippen molar-refractivity contribution in [3.63, 3.8) is 0 Å². The summed E-state index contributed by atoms with van der Waals surface area (Å²) in [5.41, 5.74) is 1.80. The van der Waals surface area contributed by atoms with Crippen LogP contribution in [0.15, 0.2) is 48.5 Å². The number of halogens is 1. The summed E-state index contributed by atoms with van der Waals surface area (Å²) in [7, 11) is 0. The number of anilines is 1. The van der Waals surface area contributed by atoms with Gasteiger partial charge in [-0.05, 0) is 59.8 Å². The first kappa shape index (κ1) is 13.7. The third kappa shape index (κ3) is 3.64. The number of carbonyl (C=O) groups excluding carboxylic acids is 2. The van der Waals surface area contributed by atoms with Crippen LogP contribution in [0.2, 0.25) is 0 Å². The van der Waals surface area contributed by atoms with E-state index in [4.69, 9.17) is 0 Å². The highest BCUT2D eigenvalue weighted by Crippen LogP contribution is 2.14. The Hall–Kier alpha value is -1.69. The lowest BCUT2D eigenvalue weighted by atomic mass is 10.1. The Morgan fingerprint density at radius 1 is 1.00 bits per heavy atom. The Morgan fingerprint density at radius 3 is 2.37 bits per heavy atom. The van der Waals surface area contributed by atoms with E-state index in [0.29, 0.717) is 16.8 Å². The maximum absolute atomic E-state index is 12.0. The van der Waals surface area contributed by atoms with Gasteiger partial charge in [-0.3, -0.25) is 9.59 Å². The van der Waals surface area contributed by atoms with Crippen molar-refractivity contribution >= 4 is 40.0 Å². The SMILES string of the molecule is CC(=O)c1cccc(NC(=O)c2cccc(I)c2)c1. The van der Waals surface area contributed by atoms with Gasteiger partial charge in [-0.25, -0.2) is 0 Å². The molecule has 0 aromatic heterocycles. The molecule has 0 unspecified atom stereocenters. The summed E-state index contributed by atoms with van der Waals surface area (Å²) in [5, 5.41) is 2.79. The highest BCUT2D eigenvalue weighted by Gasteiger charge is 2.07. The number of benzene rings is 2. The van der Waals surface area contributed by atoms with Crippen LogP contribution in [0.4, 0.5) is 5.69 Å². The van der Waals surface area contributed by atoms with Gasteiger partial charge in [0, 0.05) is 20.4 Å². The van der Waals surface area contributed by atoms with Gasteiger partial charge in [0.1, 0.15) is 0 Å². The third-order valence-corrected chi connectivity index (χ3v) is 3.28. The Labute approximate surface area is 125 Å². The quantitative estimate of drug-likeness (QED) is 0.665. The maximum Gasteiger partial charge on any atom is 0.255 e. The van der Waals surface area contributed by atoms with Crippen molar-refractivity contribution in [2.24, 2.45) is 0 Å². The monoisotopic (exact) mass is 365 g/mol. The van der Waals surface area contributed by atoms with E-state index in [0.717, 1.165) is 3.57 Å². The van der Waals surface area contributed by atoms with E-state index in [1.54, 1.807) is 30.3 Å². The van der Waals surface area contributed by atoms with Crippen LogP contribution in [0.25, 0.3) is 0 Å². The van der Waals surface area contributed by atoms with E-state index in [-0.39, 0.29) is 11.7 Å². The van der Waals surface area contributed by atoms with Crippen LogP contribution in [0.1, 0.15) is 27.6 Å². The van der Waals surface area contributed by atoms with Crippen LogP contribution in [-0.2, 0) is 0 Å². The van der Waals surface area contributed by atoms with Gasteiger partial charge < -0.3 is 5.32 Å². The summed E-state index contributed by atoms with van der Waals surface area (Å²) in [4.78, 5) is 23.3. The first-order chi connectivity index (χ1) is 9.06. The lowest BCUT2D eigenvalue weighted by Crippen LogP contribution is -2.12. The Bertz CT molecular complexity index is 638. The number of rotatable bonds is 3. The lowest BCUT2D eigenvalue weighted by Gasteiger charge is -2.06. The third-order valence-electron chi connectivity index (χ3n) is 2.61. The minimum Gasteiger partial charge on any atom is -0.322 e. The molecule has 19 heavy (non-hydrogen) atoms. The molecule has 0 aliphatic heterocycles. The van der Waals surface area contributed by atoms with Gasteiger partial charge >= 0.3 is 0 Å². The van der Waals surface area contributed by atoms with Gasteiger partial charge in [0.15, 0.2) is 5.78 Å². The zero-order valence-electron chi connectivity index (χ0n) is 10.3. The second-order valence-electron chi connectivity index (χ2n) is 4.10. The summed E-state index contributed by atoms with van der Waals surface area (Å²) >= 11 is 2.16. The van der Waals surface area contributed by atoms with Gasteiger partial charge in [-0.2, -0.15) is 0 Å². The van der Waals surface area contributed by atoms with Crippen LogP contribution in [0.3, 0.4) is 0 Å². The average molecular weight is 365 g/mol. The zero-order chi connectivity index (χ0) is 13.8. The second-order valence-corrected chi connectivity index (χ2v) is 5.35. The summed E-state index contributed by atoms with van der Waals surface area (Å²) in [6.07, 6.45) is 0. The smallest absolute Gasteiger partial charge is 0.255 e. The van der Waals surface area contributed by atoms with E-state index in [1.165, 1.54) is 6.92 Å². The molecule has 1 N–H and O–H groups in total. The molecule has 0 spiro atoms. The van der Waals surface area contributed by atoms with E-state index < -0.39 is 0 Å². The molecule has 0 fully saturated rings. The highest BCUT2D eigenvalue weighted by atomic mass is 127. The zero-order valence-corrected chi connectivity index (χ0v) is 12.5. The number of hydrogen-bond donors (Lipinski definition) is 1. The fourth-order valence-electron chi connectivity index (χ4n) is 1.65. The fraction of sp³-hybridized carbons (Fsp3) is 0.0667. The average Bonchev–Trinajstić information content (AvgIpc) is 2.39. The molecule has 2 aromatic rings. The molecule has 0 bridgehead atoms. The van der Waals surface area contributed by atoms with Crippen LogP contribution in [-0.4, -0.2) is 11.7 Å². The van der Waals surface area contributed by atoms with Crippen molar-refractivity contribution in [2.75, 3.05) is 5.32 Å². The van der Waals surface area contributed by atoms with Crippen LogP contribution < -0.4 is 5.32 Å². The molecule has 4 heteroatoms. The van der Waals surface area contributed by atoms with Gasteiger partial charge in [-0.1, -0.05) is 18.2 Å². The second kappa shape index (κ2) is 5.97. The molecule has 0 saturated carbocycles. The van der Waals surface area contributed by atoms with Crippen molar-refractivity contribution in [3.8, 4) is 0 Å². The molecule has 1 amide bonds. The van der Waals surface area contributed by atoms with Crippen LogP contribution in [0, 0.1) is 3.57 Å². The van der Waals surface area contributed by atoms with Gasteiger partial charge in [0.05, 0.1) is 0 Å². The van der Waals surface area contributed by atoms with Crippen LogP contribution >= 0.6 is 22.6 Å². The summed E-state index contributed by atoms with van der Waals surface area (Å²) < 4.78 is 1.00. The predicted octanol–water partition coefficient (Wildman–Crippen LogP) is 3.75. The number of ketones is 1. The van der Waals surface area contributed by atoms with E-state index in [2.05, 4.69) is 27.9 Å². The minimum atomic E-state index is -0.181. The molecule has 0 saturated heterocycles. The molecule has 96 valence electrons. The van der Waals surface area contributed by atoms with Crippen LogP contribution in [0.5, 0.6) is 0 Å². The molecule has 0 atom stereocenters. The van der Waals surface area contributed by atoms with E-state index >= 15 is 0 Å². The number of hydrogen-bond acceptors (Lipinski definition) is 2. The normalized spacial score (nSPS) is 10.0. The molecular formula is C15H12INO2. The van der Waals surface area contributed by atoms with Gasteiger partial charge in [0.2, 0.25) is 0 Å². The van der Waals surface area contributed by atoms with Crippen molar-refractivity contribution in [3.05, 3.63) is 63.2 Å². The molecule has 0 radical (unpaired) electrons. The first-order valence-corrected chi connectivity index (χ1v) is 6.82. The highest BCUT2D eigenvalue weighted by molar-refractivity contribution is 14.1. The van der Waals surface area contributed by atoms with Crippen molar-refractivity contribution in [2.45, 2.75) is 6.92 Å². The number of nitrogens with one attached hydrogen (secondary N) is 1. The molecule has 3 nitrogen and oxygen atoms in total. The predicted molar refractivity (Wildman–Crippen MR) is 83.6 cm³/mol. The minimum absolute atomic E-state index is 0.0228. The number of amides is 1. The molecule has 0 aliphatic rings. The largest absolute Gasteiger partial charge is 0.322 e. The molecule has 2 aromatic carbocycles. The van der Waals surface area contributed by atoms with Crippen molar-refractivity contribution in [1.29, 1.82) is 0 Å². The first-order valence-electron chi connectivity index (χ1n) is 5.74. The van der Waals surface area contributed by atoms with Gasteiger partial charge in [0.25, 0.3) is 5.91 Å². The standard InChI is InChI=1S/C15H12INO2/c1-10(18)11-4-3-7-14(9-11)17-15(19)12-5-2-6-13(16)8-12/h2-9H,1H3,(H,17,19). The van der Waals surface area contributed by atoms with E-state index in [1.807, 2.05) is 18.2 Å². The lowest BCUT2D eigenvalue weighted by molar-refractivity contribution is 0.101. The molecular weight excluding hydrogens is 353 g/mol. The Kier molecular flexibility index (Phi) is 4.31. The van der Waals surface area contributed by atoms with Gasteiger partial charge in [-0.15, -0.1) is 0 Å². The summed E-state index contributed by atoms with van der Waals surface area (Å²) in [5.74, 6) is -0.204. The molecule has 0 aliphatic carbocycles. The number of carbonyl (C=O) groups is 2. The van der Waals surface area contributed by atoms with Crippen molar-refractivity contribution < 1.29 is 9.59 Å².